The number of rotatable bonds is 7. The molecule has 0 aromatic carbocycles. The summed E-state index contributed by atoms with van der Waals surface area (Å²) in [6.07, 6.45) is 7.87. The number of oxime groups is 1. The highest BCUT2D eigenvalue weighted by atomic mass is 16.4. The van der Waals surface area contributed by atoms with Crippen LogP contribution in [0.1, 0.15) is 25.1 Å². The SMILES string of the molecule is Cn1ccnc1CCN(CC/C(N)=N/O)C1CC1. The van der Waals surface area contributed by atoms with Gasteiger partial charge in [-0.05, 0) is 12.8 Å². The van der Waals surface area contributed by atoms with E-state index in [1.165, 1.54) is 12.8 Å². The second kappa shape index (κ2) is 5.86. The third kappa shape index (κ3) is 3.46. The van der Waals surface area contributed by atoms with E-state index in [1.54, 1.807) is 0 Å². The minimum absolute atomic E-state index is 0.303. The molecular weight excluding hydrogens is 230 g/mol. The number of hydrogen-bond donors (Lipinski definition) is 2. The number of aromatic nitrogens is 2. The van der Waals surface area contributed by atoms with Gasteiger partial charge in [-0.2, -0.15) is 0 Å². The lowest BCUT2D eigenvalue weighted by Gasteiger charge is -2.21. The predicted molar refractivity (Wildman–Crippen MR) is 69.5 cm³/mol. The number of amidine groups is 1. The van der Waals surface area contributed by atoms with Crippen LogP contribution in [0.2, 0.25) is 0 Å². The fourth-order valence-electron chi connectivity index (χ4n) is 2.11. The van der Waals surface area contributed by atoms with Crippen molar-refractivity contribution in [3.8, 4) is 0 Å². The maximum absolute atomic E-state index is 8.55. The second-order valence-electron chi connectivity index (χ2n) is 4.81. The molecule has 1 aromatic heterocycles. The number of imidazole rings is 1. The molecule has 1 heterocycles. The Balaban J connectivity index is 1.81. The van der Waals surface area contributed by atoms with Crippen LogP contribution in [0, 0.1) is 0 Å². The summed E-state index contributed by atoms with van der Waals surface area (Å²) in [5.41, 5.74) is 5.51. The van der Waals surface area contributed by atoms with Crippen molar-refractivity contribution < 1.29 is 5.21 Å². The molecule has 3 N–H and O–H groups in total. The number of hydrogen-bond acceptors (Lipinski definition) is 4. The van der Waals surface area contributed by atoms with Gasteiger partial charge in [0.05, 0.1) is 0 Å². The van der Waals surface area contributed by atoms with Gasteiger partial charge in [0.1, 0.15) is 11.7 Å². The molecule has 100 valence electrons. The highest BCUT2D eigenvalue weighted by Gasteiger charge is 2.28. The van der Waals surface area contributed by atoms with Gasteiger partial charge < -0.3 is 15.5 Å². The molecular formula is C12H21N5O. The molecule has 6 heteroatoms. The Morgan fingerprint density at radius 3 is 2.94 bits per heavy atom. The average Bonchev–Trinajstić information content (AvgIpc) is 3.13. The summed E-state index contributed by atoms with van der Waals surface area (Å²) < 4.78 is 2.05. The molecule has 0 atom stereocenters. The summed E-state index contributed by atoms with van der Waals surface area (Å²) in [4.78, 5) is 6.74. The zero-order valence-corrected chi connectivity index (χ0v) is 10.8. The molecule has 0 saturated heterocycles. The lowest BCUT2D eigenvalue weighted by molar-refractivity contribution is 0.268. The van der Waals surface area contributed by atoms with Crippen LogP contribution in [0.5, 0.6) is 0 Å². The van der Waals surface area contributed by atoms with Crippen molar-refractivity contribution in [1.82, 2.24) is 14.5 Å². The van der Waals surface area contributed by atoms with Crippen LogP contribution in [0.4, 0.5) is 0 Å². The van der Waals surface area contributed by atoms with Crippen molar-refractivity contribution in [3.05, 3.63) is 18.2 Å². The molecule has 1 fully saturated rings. The van der Waals surface area contributed by atoms with Gasteiger partial charge in [-0.1, -0.05) is 5.16 Å². The molecule has 0 spiro atoms. The van der Waals surface area contributed by atoms with E-state index < -0.39 is 0 Å². The minimum atomic E-state index is 0.303. The molecule has 1 saturated carbocycles. The first-order valence-corrected chi connectivity index (χ1v) is 6.37. The van der Waals surface area contributed by atoms with E-state index in [2.05, 4.69) is 19.6 Å². The van der Waals surface area contributed by atoms with Crippen molar-refractivity contribution in [2.75, 3.05) is 13.1 Å². The van der Waals surface area contributed by atoms with Crippen LogP contribution in [0.15, 0.2) is 17.5 Å². The highest BCUT2D eigenvalue weighted by molar-refractivity contribution is 5.79. The largest absolute Gasteiger partial charge is 0.409 e. The van der Waals surface area contributed by atoms with Crippen molar-refractivity contribution in [1.29, 1.82) is 0 Å². The van der Waals surface area contributed by atoms with Crippen molar-refractivity contribution in [2.24, 2.45) is 17.9 Å². The molecule has 0 aliphatic heterocycles. The molecule has 0 amide bonds. The standard InChI is InChI=1S/C12H21N5O/c1-16-9-6-14-12(16)5-8-17(10-2-3-10)7-4-11(13)15-18/h6,9-10,18H,2-5,7-8H2,1H3,(H2,13,15). The third-order valence-electron chi connectivity index (χ3n) is 3.39. The Bertz CT molecular complexity index is 410. The summed E-state index contributed by atoms with van der Waals surface area (Å²) in [5, 5.41) is 11.6. The van der Waals surface area contributed by atoms with E-state index in [4.69, 9.17) is 10.9 Å². The van der Waals surface area contributed by atoms with Gasteiger partial charge in [-0.15, -0.1) is 0 Å². The quantitative estimate of drug-likeness (QED) is 0.321. The monoisotopic (exact) mass is 251 g/mol. The molecule has 0 bridgehead atoms. The first kappa shape index (κ1) is 12.9. The lowest BCUT2D eigenvalue weighted by atomic mass is 10.3. The van der Waals surface area contributed by atoms with Crippen LogP contribution in [-0.4, -0.2) is 44.6 Å². The average molecular weight is 251 g/mol. The highest BCUT2D eigenvalue weighted by Crippen LogP contribution is 2.26. The molecule has 6 nitrogen and oxygen atoms in total. The molecule has 1 aromatic rings. The molecule has 1 aliphatic rings. The van der Waals surface area contributed by atoms with E-state index >= 15 is 0 Å². The van der Waals surface area contributed by atoms with Gasteiger partial charge in [0.2, 0.25) is 0 Å². The minimum Gasteiger partial charge on any atom is -0.409 e. The van der Waals surface area contributed by atoms with Crippen LogP contribution in [0.25, 0.3) is 0 Å². The zero-order chi connectivity index (χ0) is 13.0. The lowest BCUT2D eigenvalue weighted by Crippen LogP contribution is -2.32. The van der Waals surface area contributed by atoms with Crippen molar-refractivity contribution in [3.63, 3.8) is 0 Å². The summed E-state index contributed by atoms with van der Waals surface area (Å²) in [5.74, 6) is 1.40. The zero-order valence-electron chi connectivity index (χ0n) is 10.8. The number of aryl methyl sites for hydroxylation is 1. The Morgan fingerprint density at radius 1 is 1.61 bits per heavy atom. The maximum atomic E-state index is 8.55. The summed E-state index contributed by atoms with van der Waals surface area (Å²) in [6, 6.07) is 0.678. The van der Waals surface area contributed by atoms with Gasteiger partial charge in [0.15, 0.2) is 0 Å². The van der Waals surface area contributed by atoms with E-state index in [0.29, 0.717) is 18.3 Å². The summed E-state index contributed by atoms with van der Waals surface area (Å²) in [7, 11) is 2.01. The Hall–Kier alpha value is -1.56. The topological polar surface area (TPSA) is 79.7 Å². The Labute approximate surface area is 107 Å². The fourth-order valence-corrected chi connectivity index (χ4v) is 2.11. The van der Waals surface area contributed by atoms with Gasteiger partial charge in [0.25, 0.3) is 0 Å². The first-order chi connectivity index (χ1) is 8.70. The molecule has 2 rings (SSSR count). The second-order valence-corrected chi connectivity index (χ2v) is 4.81. The van der Waals surface area contributed by atoms with Crippen LogP contribution in [-0.2, 0) is 13.5 Å². The third-order valence-corrected chi connectivity index (χ3v) is 3.39. The van der Waals surface area contributed by atoms with E-state index in [1.807, 2.05) is 19.4 Å². The Kier molecular flexibility index (Phi) is 4.19. The number of nitrogens with two attached hydrogens (primary N) is 1. The van der Waals surface area contributed by atoms with E-state index in [0.717, 1.165) is 25.3 Å². The Morgan fingerprint density at radius 2 is 2.39 bits per heavy atom. The van der Waals surface area contributed by atoms with Crippen molar-refractivity contribution >= 4 is 5.84 Å². The molecule has 0 unspecified atom stereocenters. The molecule has 0 radical (unpaired) electrons. The van der Waals surface area contributed by atoms with Gasteiger partial charge in [-0.3, -0.25) is 4.90 Å². The predicted octanol–water partition coefficient (Wildman–Crippen LogP) is 0.564. The van der Waals surface area contributed by atoms with Crippen LogP contribution >= 0.6 is 0 Å². The normalized spacial score (nSPS) is 16.4. The van der Waals surface area contributed by atoms with Crippen LogP contribution in [0.3, 0.4) is 0 Å². The van der Waals surface area contributed by atoms with Gasteiger partial charge in [-0.25, -0.2) is 4.98 Å². The number of nitrogens with zero attached hydrogens (tertiary/aromatic N) is 4. The molecule has 18 heavy (non-hydrogen) atoms. The summed E-state index contributed by atoms with van der Waals surface area (Å²) in [6.45, 7) is 1.83. The van der Waals surface area contributed by atoms with Crippen molar-refractivity contribution in [2.45, 2.75) is 31.7 Å². The maximum Gasteiger partial charge on any atom is 0.140 e. The van der Waals surface area contributed by atoms with Crippen LogP contribution < -0.4 is 5.73 Å². The van der Waals surface area contributed by atoms with E-state index in [-0.39, 0.29) is 0 Å². The van der Waals surface area contributed by atoms with E-state index in [9.17, 15) is 0 Å². The van der Waals surface area contributed by atoms with Gasteiger partial charge in [0, 0.05) is 51.4 Å². The fraction of sp³-hybridized carbons (Fsp3) is 0.667. The van der Waals surface area contributed by atoms with Gasteiger partial charge >= 0.3 is 0 Å². The first-order valence-electron chi connectivity index (χ1n) is 6.37. The summed E-state index contributed by atoms with van der Waals surface area (Å²) >= 11 is 0. The smallest absolute Gasteiger partial charge is 0.140 e. The molecule has 1 aliphatic carbocycles.